The zero-order valence-corrected chi connectivity index (χ0v) is 13.4. The second-order valence-electron chi connectivity index (χ2n) is 5.00. The Morgan fingerprint density at radius 2 is 1.79 bits per heavy atom. The van der Waals surface area contributed by atoms with Gasteiger partial charge in [-0.05, 0) is 23.8 Å². The van der Waals surface area contributed by atoms with Gasteiger partial charge in [0.25, 0.3) is 5.91 Å². The molecule has 0 aliphatic carbocycles. The lowest BCUT2D eigenvalue weighted by molar-refractivity contribution is -0.142. The van der Waals surface area contributed by atoms with E-state index in [1.807, 2.05) is 0 Å². The van der Waals surface area contributed by atoms with Crippen LogP contribution in [-0.2, 0) is 16.0 Å². The van der Waals surface area contributed by atoms with Crippen LogP contribution in [0, 0.1) is 11.6 Å². The van der Waals surface area contributed by atoms with Gasteiger partial charge in [-0.1, -0.05) is 29.8 Å². The summed E-state index contributed by atoms with van der Waals surface area (Å²) in [4.78, 5) is 24.1. The molecule has 7 heteroatoms. The highest BCUT2D eigenvalue weighted by atomic mass is 35.5. The topological polar surface area (TPSA) is 55.4 Å². The molecule has 0 saturated heterocycles. The Bertz CT molecular complexity index is 747. The van der Waals surface area contributed by atoms with Gasteiger partial charge in [-0.15, -0.1) is 0 Å². The number of halogens is 3. The van der Waals surface area contributed by atoms with Gasteiger partial charge < -0.3 is 10.1 Å². The van der Waals surface area contributed by atoms with Crippen LogP contribution in [0.3, 0.4) is 0 Å². The zero-order chi connectivity index (χ0) is 17.7. The minimum atomic E-state index is -1.05. The molecule has 1 N–H and O–H groups in total. The maximum absolute atomic E-state index is 13.2. The van der Waals surface area contributed by atoms with Crippen molar-refractivity contribution in [3.8, 4) is 0 Å². The van der Waals surface area contributed by atoms with Gasteiger partial charge in [-0.2, -0.15) is 0 Å². The molecule has 2 aromatic carbocycles. The number of benzene rings is 2. The third-order valence-corrected chi connectivity index (χ3v) is 3.67. The molecule has 126 valence electrons. The number of methoxy groups -OCH3 is 1. The van der Waals surface area contributed by atoms with Gasteiger partial charge in [-0.25, -0.2) is 13.6 Å². The molecule has 24 heavy (non-hydrogen) atoms. The Morgan fingerprint density at radius 3 is 2.38 bits per heavy atom. The molecule has 0 spiro atoms. The highest BCUT2D eigenvalue weighted by Crippen LogP contribution is 2.17. The maximum atomic E-state index is 13.2. The fraction of sp³-hybridized carbons (Fsp3) is 0.176. The molecule has 0 fully saturated rings. The summed E-state index contributed by atoms with van der Waals surface area (Å²) in [6.45, 7) is 0. The predicted molar refractivity (Wildman–Crippen MR) is 84.8 cm³/mol. The summed E-state index contributed by atoms with van der Waals surface area (Å²) < 4.78 is 31.1. The quantitative estimate of drug-likeness (QED) is 0.840. The lowest BCUT2D eigenvalue weighted by Gasteiger charge is -2.17. The first kappa shape index (κ1) is 17.9. The Labute approximate surface area is 142 Å². The van der Waals surface area contributed by atoms with Crippen molar-refractivity contribution in [2.24, 2.45) is 0 Å². The van der Waals surface area contributed by atoms with Crippen molar-refractivity contribution in [3.05, 3.63) is 70.2 Å². The first-order valence-electron chi connectivity index (χ1n) is 6.99. The Morgan fingerprint density at radius 1 is 1.17 bits per heavy atom. The molecule has 0 aromatic heterocycles. The fourth-order valence-electron chi connectivity index (χ4n) is 2.15. The lowest BCUT2D eigenvalue weighted by Crippen LogP contribution is -2.43. The monoisotopic (exact) mass is 353 g/mol. The summed E-state index contributed by atoms with van der Waals surface area (Å²) in [5, 5.41) is 2.84. The molecule has 1 amide bonds. The smallest absolute Gasteiger partial charge is 0.328 e. The largest absolute Gasteiger partial charge is 0.467 e. The summed E-state index contributed by atoms with van der Waals surface area (Å²) in [5.74, 6) is -3.27. The predicted octanol–water partition coefficient (Wildman–Crippen LogP) is 3.13. The van der Waals surface area contributed by atoms with E-state index in [0.29, 0.717) is 16.7 Å². The van der Waals surface area contributed by atoms with Gasteiger partial charge in [0, 0.05) is 23.1 Å². The van der Waals surface area contributed by atoms with Crippen LogP contribution in [-0.4, -0.2) is 25.0 Å². The first-order chi connectivity index (χ1) is 11.4. The third kappa shape index (κ3) is 4.52. The van der Waals surface area contributed by atoms with Gasteiger partial charge in [0.1, 0.15) is 17.7 Å². The van der Waals surface area contributed by atoms with Gasteiger partial charge >= 0.3 is 5.97 Å². The molecule has 0 unspecified atom stereocenters. The standard InChI is InChI=1S/C17H14ClF2NO3/c1-24-17(23)15(8-10-4-2-3-5-14(10)18)21-16(22)11-6-12(19)9-13(20)7-11/h2-7,9,15H,8H2,1H3,(H,21,22)/t15-/m1/s1. The number of hydrogen-bond acceptors (Lipinski definition) is 3. The second kappa shape index (κ2) is 7.88. The highest BCUT2D eigenvalue weighted by molar-refractivity contribution is 6.31. The molecule has 2 aromatic rings. The van der Waals surface area contributed by atoms with Crippen molar-refractivity contribution in [2.45, 2.75) is 12.5 Å². The maximum Gasteiger partial charge on any atom is 0.328 e. The number of carbonyl (C=O) groups is 2. The number of ether oxygens (including phenoxy) is 1. The van der Waals surface area contributed by atoms with E-state index in [1.165, 1.54) is 7.11 Å². The van der Waals surface area contributed by atoms with Crippen molar-refractivity contribution in [1.29, 1.82) is 0 Å². The molecule has 0 heterocycles. The van der Waals surface area contributed by atoms with Crippen LogP contribution < -0.4 is 5.32 Å². The summed E-state index contributed by atoms with van der Waals surface area (Å²) in [7, 11) is 1.18. The van der Waals surface area contributed by atoms with E-state index in [2.05, 4.69) is 10.1 Å². The first-order valence-corrected chi connectivity index (χ1v) is 7.36. The third-order valence-electron chi connectivity index (χ3n) is 3.30. The minimum Gasteiger partial charge on any atom is -0.467 e. The van der Waals surface area contributed by atoms with Crippen molar-refractivity contribution < 1.29 is 23.1 Å². The Hall–Kier alpha value is -2.47. The van der Waals surface area contributed by atoms with Crippen LogP contribution in [0.15, 0.2) is 42.5 Å². The van der Waals surface area contributed by atoms with Crippen molar-refractivity contribution in [1.82, 2.24) is 5.32 Å². The van der Waals surface area contributed by atoms with Crippen LogP contribution in [0.1, 0.15) is 15.9 Å². The lowest BCUT2D eigenvalue weighted by atomic mass is 10.1. The Kier molecular flexibility index (Phi) is 5.87. The Balaban J connectivity index is 2.21. The van der Waals surface area contributed by atoms with E-state index >= 15 is 0 Å². The van der Waals surface area contributed by atoms with Gasteiger partial charge in [0.2, 0.25) is 0 Å². The summed E-state index contributed by atoms with van der Waals surface area (Å²) in [6, 6.07) is 8.17. The van der Waals surface area contributed by atoms with Gasteiger partial charge in [0.05, 0.1) is 7.11 Å². The van der Waals surface area contributed by atoms with Gasteiger partial charge in [-0.3, -0.25) is 4.79 Å². The number of carbonyl (C=O) groups excluding carboxylic acids is 2. The molecule has 0 saturated carbocycles. The van der Waals surface area contributed by atoms with E-state index < -0.39 is 29.6 Å². The zero-order valence-electron chi connectivity index (χ0n) is 12.7. The van der Waals surface area contributed by atoms with Crippen molar-refractivity contribution in [2.75, 3.05) is 7.11 Å². The molecular weight excluding hydrogens is 340 g/mol. The molecular formula is C17H14ClF2NO3. The highest BCUT2D eigenvalue weighted by Gasteiger charge is 2.24. The van der Waals surface area contributed by atoms with E-state index in [0.717, 1.165) is 12.1 Å². The number of hydrogen-bond donors (Lipinski definition) is 1. The van der Waals surface area contributed by atoms with Crippen molar-refractivity contribution >= 4 is 23.5 Å². The van der Waals surface area contributed by atoms with E-state index in [1.54, 1.807) is 24.3 Å². The summed E-state index contributed by atoms with van der Waals surface area (Å²) in [5.41, 5.74) is 0.390. The number of nitrogens with one attached hydrogen (secondary N) is 1. The van der Waals surface area contributed by atoms with E-state index in [9.17, 15) is 18.4 Å². The van der Waals surface area contributed by atoms with E-state index in [4.69, 9.17) is 11.6 Å². The average Bonchev–Trinajstić information content (AvgIpc) is 2.54. The van der Waals surface area contributed by atoms with E-state index in [-0.39, 0.29) is 12.0 Å². The molecule has 1 atom stereocenters. The SMILES string of the molecule is COC(=O)[C@@H](Cc1ccccc1Cl)NC(=O)c1cc(F)cc(F)c1. The van der Waals surface area contributed by atoms with Crippen LogP contribution in [0.4, 0.5) is 8.78 Å². The summed E-state index contributed by atoms with van der Waals surface area (Å²) in [6.07, 6.45) is 0.0793. The van der Waals surface area contributed by atoms with Crippen LogP contribution in [0.25, 0.3) is 0 Å². The molecule has 0 bridgehead atoms. The number of rotatable bonds is 5. The van der Waals surface area contributed by atoms with Crippen LogP contribution >= 0.6 is 11.6 Å². The minimum absolute atomic E-state index is 0.0793. The molecule has 2 rings (SSSR count). The number of amides is 1. The second-order valence-corrected chi connectivity index (χ2v) is 5.41. The molecule has 0 aliphatic rings. The number of esters is 1. The summed E-state index contributed by atoms with van der Waals surface area (Å²) >= 11 is 6.05. The van der Waals surface area contributed by atoms with Gasteiger partial charge in [0.15, 0.2) is 0 Å². The average molecular weight is 354 g/mol. The van der Waals surface area contributed by atoms with Crippen LogP contribution in [0.5, 0.6) is 0 Å². The fourth-order valence-corrected chi connectivity index (χ4v) is 2.36. The normalized spacial score (nSPS) is 11.7. The molecule has 4 nitrogen and oxygen atoms in total. The molecule has 0 aliphatic heterocycles. The van der Waals surface area contributed by atoms with Crippen molar-refractivity contribution in [3.63, 3.8) is 0 Å². The van der Waals surface area contributed by atoms with Crippen LogP contribution in [0.2, 0.25) is 5.02 Å². The molecule has 0 radical (unpaired) electrons.